The van der Waals surface area contributed by atoms with Gasteiger partial charge in [-0.25, -0.2) is 14.2 Å². The first-order chi connectivity index (χ1) is 16.4. The molecule has 9 nitrogen and oxygen atoms in total. The van der Waals surface area contributed by atoms with E-state index in [1.54, 1.807) is 31.3 Å². The summed E-state index contributed by atoms with van der Waals surface area (Å²) in [6, 6.07) is 9.72. The third kappa shape index (κ3) is 4.08. The summed E-state index contributed by atoms with van der Waals surface area (Å²) in [5.74, 6) is 1.21. The predicted octanol–water partition coefficient (Wildman–Crippen LogP) is 2.55. The molecule has 1 aromatic carbocycles. The van der Waals surface area contributed by atoms with Gasteiger partial charge in [-0.15, -0.1) is 0 Å². The molecule has 2 aromatic heterocycles. The Balaban J connectivity index is 1.21. The van der Waals surface area contributed by atoms with Crippen LogP contribution in [0.1, 0.15) is 5.56 Å². The molecule has 34 heavy (non-hydrogen) atoms. The van der Waals surface area contributed by atoms with Gasteiger partial charge in [-0.05, 0) is 48.7 Å². The Morgan fingerprint density at radius 3 is 2.91 bits per heavy atom. The van der Waals surface area contributed by atoms with Gasteiger partial charge in [-0.2, -0.15) is 0 Å². The molecule has 0 bridgehead atoms. The maximum Gasteiger partial charge on any atom is 0.416 e. The van der Waals surface area contributed by atoms with Crippen molar-refractivity contribution < 1.29 is 18.7 Å². The molecule has 10 heteroatoms. The lowest BCUT2D eigenvalue weighted by molar-refractivity contribution is 0.140. The molecule has 2 aliphatic rings. The molecule has 2 aliphatic heterocycles. The number of hydrogen-bond donors (Lipinski definition) is 2. The Hall–Kier alpha value is -3.92. The number of nitrogens with zero attached hydrogens (tertiary/aromatic N) is 3. The molecule has 0 radical (unpaired) electrons. The molecule has 1 fully saturated rings. The van der Waals surface area contributed by atoms with E-state index in [9.17, 15) is 14.0 Å². The van der Waals surface area contributed by atoms with Gasteiger partial charge in [0, 0.05) is 30.9 Å². The van der Waals surface area contributed by atoms with Crippen molar-refractivity contribution >= 4 is 28.6 Å². The first-order valence-electron chi connectivity index (χ1n) is 11.0. The van der Waals surface area contributed by atoms with E-state index in [1.165, 1.54) is 21.6 Å². The number of rotatable bonds is 6. The van der Waals surface area contributed by atoms with Gasteiger partial charge < -0.3 is 24.7 Å². The van der Waals surface area contributed by atoms with Crippen molar-refractivity contribution in [2.45, 2.75) is 12.5 Å². The third-order valence-corrected chi connectivity index (χ3v) is 5.94. The van der Waals surface area contributed by atoms with Crippen LogP contribution in [0.3, 0.4) is 0 Å². The molecule has 0 saturated carbocycles. The van der Waals surface area contributed by atoms with Crippen molar-refractivity contribution in [1.82, 2.24) is 14.9 Å². The van der Waals surface area contributed by atoms with E-state index in [0.717, 1.165) is 5.39 Å². The van der Waals surface area contributed by atoms with Gasteiger partial charge in [0.05, 0.1) is 12.1 Å². The van der Waals surface area contributed by atoms with Crippen LogP contribution in [0.4, 0.5) is 20.8 Å². The molecular formula is C24H24FN5O4. The Morgan fingerprint density at radius 1 is 1.24 bits per heavy atom. The number of cyclic esters (lactones) is 1. The highest BCUT2D eigenvalue weighted by molar-refractivity contribution is 5.89. The minimum absolute atomic E-state index is 0.188. The minimum atomic E-state index is -0.482. The molecule has 0 spiro atoms. The maximum absolute atomic E-state index is 14.5. The SMILES string of the molecule is C=C1COc2ccc(N3C[C@H](CNCCc4c(F)ccc5ccc(=O)n(C)c45)OC3=O)nc2N1. The molecule has 5 rings (SSSR count). The molecule has 4 heterocycles. The van der Waals surface area contributed by atoms with E-state index in [0.29, 0.717) is 66.8 Å². The van der Waals surface area contributed by atoms with Crippen LogP contribution in [-0.2, 0) is 18.2 Å². The number of carbonyl (C=O) groups is 1. The zero-order chi connectivity index (χ0) is 23.8. The van der Waals surface area contributed by atoms with Crippen LogP contribution in [-0.4, -0.2) is 48.0 Å². The molecule has 1 saturated heterocycles. The van der Waals surface area contributed by atoms with Gasteiger partial charge >= 0.3 is 6.09 Å². The first-order valence-corrected chi connectivity index (χ1v) is 11.0. The number of nitrogens with one attached hydrogen (secondary N) is 2. The van der Waals surface area contributed by atoms with Crippen LogP contribution in [0.5, 0.6) is 5.75 Å². The predicted molar refractivity (Wildman–Crippen MR) is 126 cm³/mol. The zero-order valence-corrected chi connectivity index (χ0v) is 18.6. The van der Waals surface area contributed by atoms with E-state index >= 15 is 0 Å². The molecule has 3 aromatic rings. The number of ether oxygens (including phenoxy) is 2. The second-order valence-electron chi connectivity index (χ2n) is 8.30. The smallest absolute Gasteiger partial charge is 0.416 e. The summed E-state index contributed by atoms with van der Waals surface area (Å²) in [7, 11) is 1.64. The number of anilines is 2. The van der Waals surface area contributed by atoms with Gasteiger partial charge in [-0.1, -0.05) is 6.58 Å². The van der Waals surface area contributed by atoms with Gasteiger partial charge in [0.25, 0.3) is 5.56 Å². The molecule has 2 N–H and O–H groups in total. The van der Waals surface area contributed by atoms with E-state index in [1.807, 2.05) is 0 Å². The highest BCUT2D eigenvalue weighted by Gasteiger charge is 2.33. The monoisotopic (exact) mass is 465 g/mol. The molecule has 1 amide bonds. The molecule has 176 valence electrons. The Bertz CT molecular complexity index is 1360. The largest absolute Gasteiger partial charge is 0.484 e. The highest BCUT2D eigenvalue weighted by Crippen LogP contribution is 2.31. The summed E-state index contributed by atoms with van der Waals surface area (Å²) in [5.41, 5.74) is 1.56. The topological polar surface area (TPSA) is 97.7 Å². The van der Waals surface area contributed by atoms with Crippen LogP contribution < -0.4 is 25.8 Å². The summed E-state index contributed by atoms with van der Waals surface area (Å²) in [4.78, 5) is 30.4. The quantitative estimate of drug-likeness (QED) is 0.540. The van der Waals surface area contributed by atoms with Crippen molar-refractivity contribution in [3.8, 4) is 5.75 Å². The summed E-state index contributed by atoms with van der Waals surface area (Å²) < 4.78 is 27.0. The number of fused-ring (bicyclic) bond motifs is 2. The fourth-order valence-electron chi connectivity index (χ4n) is 4.23. The maximum atomic E-state index is 14.5. The Morgan fingerprint density at radius 2 is 2.06 bits per heavy atom. The molecular weight excluding hydrogens is 441 g/mol. The van der Waals surface area contributed by atoms with Crippen molar-refractivity contribution in [3.63, 3.8) is 0 Å². The number of amides is 1. The average Bonchev–Trinajstić information content (AvgIpc) is 3.20. The molecule has 0 unspecified atom stereocenters. The second kappa shape index (κ2) is 8.79. The minimum Gasteiger partial charge on any atom is -0.484 e. The van der Waals surface area contributed by atoms with E-state index < -0.39 is 6.09 Å². The van der Waals surface area contributed by atoms with Gasteiger partial charge in [-0.3, -0.25) is 9.69 Å². The highest BCUT2D eigenvalue weighted by atomic mass is 19.1. The van der Waals surface area contributed by atoms with E-state index in [-0.39, 0.29) is 17.5 Å². The lowest BCUT2D eigenvalue weighted by atomic mass is 10.1. The fraction of sp³-hybridized carbons (Fsp3) is 0.292. The number of hydrogen-bond acceptors (Lipinski definition) is 7. The summed E-state index contributed by atoms with van der Waals surface area (Å²) >= 11 is 0. The molecule has 1 atom stereocenters. The van der Waals surface area contributed by atoms with Crippen molar-refractivity contribution in [2.75, 3.05) is 36.5 Å². The number of halogens is 1. The lowest BCUT2D eigenvalue weighted by Crippen LogP contribution is -2.32. The summed E-state index contributed by atoms with van der Waals surface area (Å²) in [6.45, 7) is 5.38. The first kappa shape index (κ1) is 21.9. The molecule has 0 aliphatic carbocycles. The number of aromatic nitrogens is 2. The van der Waals surface area contributed by atoms with Crippen LogP contribution >= 0.6 is 0 Å². The van der Waals surface area contributed by atoms with Gasteiger partial charge in [0.1, 0.15) is 24.3 Å². The van der Waals surface area contributed by atoms with Crippen molar-refractivity contribution in [1.29, 1.82) is 0 Å². The van der Waals surface area contributed by atoms with Crippen LogP contribution in [0.15, 0.2) is 53.5 Å². The second-order valence-corrected chi connectivity index (χ2v) is 8.30. The third-order valence-electron chi connectivity index (χ3n) is 5.94. The van der Waals surface area contributed by atoms with Crippen LogP contribution in [0.25, 0.3) is 10.9 Å². The van der Waals surface area contributed by atoms with Crippen LogP contribution in [0, 0.1) is 5.82 Å². The number of aryl methyl sites for hydroxylation is 1. The average molecular weight is 465 g/mol. The van der Waals surface area contributed by atoms with Crippen molar-refractivity contribution in [2.24, 2.45) is 7.05 Å². The summed E-state index contributed by atoms with van der Waals surface area (Å²) in [6.07, 6.45) is -0.483. The van der Waals surface area contributed by atoms with Gasteiger partial charge in [0.2, 0.25) is 0 Å². The van der Waals surface area contributed by atoms with E-state index in [4.69, 9.17) is 9.47 Å². The zero-order valence-electron chi connectivity index (χ0n) is 18.6. The van der Waals surface area contributed by atoms with Crippen LogP contribution in [0.2, 0.25) is 0 Å². The number of pyridine rings is 2. The Labute approximate surface area is 194 Å². The normalized spacial score (nSPS) is 17.4. The van der Waals surface area contributed by atoms with Crippen molar-refractivity contribution in [3.05, 3.63) is 70.4 Å². The number of carbonyl (C=O) groups excluding carboxylic acids is 1. The van der Waals surface area contributed by atoms with E-state index in [2.05, 4.69) is 22.2 Å². The Kier molecular flexibility index (Phi) is 5.66. The lowest BCUT2D eigenvalue weighted by Gasteiger charge is -2.21. The van der Waals surface area contributed by atoms with Gasteiger partial charge in [0.15, 0.2) is 11.6 Å². The summed E-state index contributed by atoms with van der Waals surface area (Å²) in [5, 5.41) is 7.09. The number of benzene rings is 1. The fourth-order valence-corrected chi connectivity index (χ4v) is 4.23. The standard InChI is InChI=1S/C24H24FN5O4/c1-14-13-33-19-6-7-20(28-23(19)27-14)30-12-16(34-24(30)32)11-26-10-9-17-18(25)5-3-15-4-8-21(31)29(2)22(15)17/h3-8,16,26H,1,9-13H2,2H3,(H,27,28)/t16-/m0/s1.